The summed E-state index contributed by atoms with van der Waals surface area (Å²) in [6, 6.07) is 10.4. The topological polar surface area (TPSA) is 89.7 Å². The van der Waals surface area contributed by atoms with Gasteiger partial charge in [-0.2, -0.15) is 0 Å². The fourth-order valence-corrected chi connectivity index (χ4v) is 4.53. The van der Waals surface area contributed by atoms with Crippen LogP contribution >= 0.6 is 11.8 Å². The summed E-state index contributed by atoms with van der Waals surface area (Å²) in [7, 11) is 0. The van der Waals surface area contributed by atoms with Gasteiger partial charge in [-0.05, 0) is 41.8 Å². The standard InChI is InChI=1S/C22H27FN4O3S/c1-15(2)19-20(31-18-6-4-5-17(23)13-18)27(14-16-7-9-25-10-8-16)22(3,26-19)30-12-11-29-21(24)28/h4-10,13,15,26H,11-12,14H2,1-3H3,(H2,24,28). The van der Waals surface area contributed by atoms with Crippen molar-refractivity contribution >= 4 is 17.9 Å². The first-order valence-corrected chi connectivity index (χ1v) is 10.8. The average Bonchev–Trinajstić information content (AvgIpc) is 2.99. The van der Waals surface area contributed by atoms with Crippen LogP contribution in [0.4, 0.5) is 9.18 Å². The molecule has 2 heterocycles. The number of halogens is 1. The van der Waals surface area contributed by atoms with Crippen molar-refractivity contribution in [2.75, 3.05) is 13.2 Å². The molecule has 31 heavy (non-hydrogen) atoms. The fraction of sp³-hybridized carbons (Fsp3) is 0.364. The van der Waals surface area contributed by atoms with Crippen molar-refractivity contribution in [3.8, 4) is 0 Å². The molecular formula is C22H27FN4O3S. The third kappa shape index (κ3) is 5.89. The SMILES string of the molecule is CC(C)C1=C(Sc2cccc(F)c2)N(Cc2ccncc2)C(C)(OCCOC(N)=O)N1. The lowest BCUT2D eigenvalue weighted by molar-refractivity contribution is -0.141. The summed E-state index contributed by atoms with van der Waals surface area (Å²) >= 11 is 1.48. The fourth-order valence-electron chi connectivity index (χ4n) is 3.24. The number of nitrogens with one attached hydrogen (secondary N) is 1. The number of thioether (sulfide) groups is 1. The molecule has 0 radical (unpaired) electrons. The molecule has 0 bridgehead atoms. The number of hydrogen-bond acceptors (Lipinski definition) is 7. The smallest absolute Gasteiger partial charge is 0.404 e. The van der Waals surface area contributed by atoms with E-state index in [1.165, 1.54) is 23.9 Å². The van der Waals surface area contributed by atoms with Gasteiger partial charge in [0.25, 0.3) is 0 Å². The van der Waals surface area contributed by atoms with E-state index in [4.69, 9.17) is 15.2 Å². The summed E-state index contributed by atoms with van der Waals surface area (Å²) in [5.41, 5.74) is 7.07. The van der Waals surface area contributed by atoms with Crippen molar-refractivity contribution in [2.24, 2.45) is 11.7 Å². The molecule has 2 aromatic rings. The number of rotatable bonds is 9. The second kappa shape index (κ2) is 10.0. The van der Waals surface area contributed by atoms with E-state index >= 15 is 0 Å². The zero-order valence-corrected chi connectivity index (χ0v) is 18.6. The summed E-state index contributed by atoms with van der Waals surface area (Å²) in [6.07, 6.45) is 2.64. The highest BCUT2D eigenvalue weighted by molar-refractivity contribution is 8.03. The lowest BCUT2D eigenvalue weighted by atomic mass is 10.1. The minimum Gasteiger partial charge on any atom is -0.447 e. The maximum Gasteiger partial charge on any atom is 0.404 e. The molecule has 7 nitrogen and oxygen atoms in total. The van der Waals surface area contributed by atoms with Crippen molar-refractivity contribution in [3.05, 3.63) is 70.9 Å². The number of aromatic nitrogens is 1. The Balaban J connectivity index is 1.91. The first-order valence-electron chi connectivity index (χ1n) is 9.97. The molecule has 1 aliphatic rings. The Bertz CT molecular complexity index is 941. The third-order valence-electron chi connectivity index (χ3n) is 4.75. The van der Waals surface area contributed by atoms with Gasteiger partial charge in [0.05, 0.1) is 11.6 Å². The first kappa shape index (κ1) is 22.9. The number of amides is 1. The molecule has 3 rings (SSSR count). The van der Waals surface area contributed by atoms with Crippen molar-refractivity contribution in [1.82, 2.24) is 15.2 Å². The van der Waals surface area contributed by atoms with E-state index in [0.29, 0.717) is 6.54 Å². The Kier molecular flexibility index (Phi) is 7.40. The van der Waals surface area contributed by atoms with E-state index in [2.05, 4.69) is 29.0 Å². The first-order chi connectivity index (χ1) is 14.8. The molecular weight excluding hydrogens is 419 g/mol. The lowest BCUT2D eigenvalue weighted by Gasteiger charge is -2.38. The molecule has 9 heteroatoms. The molecule has 0 fully saturated rings. The number of allylic oxidation sites excluding steroid dienone is 1. The summed E-state index contributed by atoms with van der Waals surface area (Å²) in [5, 5.41) is 4.43. The number of ether oxygens (including phenoxy) is 2. The van der Waals surface area contributed by atoms with E-state index in [0.717, 1.165) is 21.2 Å². The van der Waals surface area contributed by atoms with Gasteiger partial charge in [0, 0.05) is 36.5 Å². The van der Waals surface area contributed by atoms with E-state index in [9.17, 15) is 9.18 Å². The Hall–Kier alpha value is -2.78. The molecule has 1 atom stereocenters. The van der Waals surface area contributed by atoms with Crippen molar-refractivity contribution < 1.29 is 18.7 Å². The molecule has 1 amide bonds. The van der Waals surface area contributed by atoms with Gasteiger partial charge in [-0.1, -0.05) is 31.7 Å². The maximum absolute atomic E-state index is 13.8. The van der Waals surface area contributed by atoms with Crippen molar-refractivity contribution in [3.63, 3.8) is 0 Å². The zero-order chi connectivity index (χ0) is 22.4. The van der Waals surface area contributed by atoms with Crippen LogP contribution in [0.3, 0.4) is 0 Å². The van der Waals surface area contributed by atoms with Crippen LogP contribution in [0.2, 0.25) is 0 Å². The highest BCUT2D eigenvalue weighted by Gasteiger charge is 2.43. The predicted molar refractivity (Wildman–Crippen MR) is 117 cm³/mol. The summed E-state index contributed by atoms with van der Waals surface area (Å²) in [4.78, 5) is 17.8. The molecule has 0 aliphatic carbocycles. The minimum atomic E-state index is -0.903. The normalized spacial score (nSPS) is 18.4. The molecule has 1 aliphatic heterocycles. The van der Waals surface area contributed by atoms with Crippen LogP contribution in [0.15, 0.2) is 64.4 Å². The average molecular weight is 447 g/mol. The summed E-state index contributed by atoms with van der Waals surface area (Å²) < 4.78 is 24.8. The van der Waals surface area contributed by atoms with Crippen LogP contribution in [-0.4, -0.2) is 35.0 Å². The van der Waals surface area contributed by atoms with Crippen molar-refractivity contribution in [2.45, 2.75) is 38.1 Å². The highest BCUT2D eigenvalue weighted by Crippen LogP contribution is 2.43. The molecule has 3 N–H and O–H groups in total. The van der Waals surface area contributed by atoms with Gasteiger partial charge in [0.2, 0.25) is 5.85 Å². The number of primary amides is 1. The number of nitrogens with two attached hydrogens (primary N) is 1. The Labute approximate surface area is 185 Å². The molecule has 1 aromatic carbocycles. The van der Waals surface area contributed by atoms with Crippen molar-refractivity contribution in [1.29, 1.82) is 0 Å². The second-order valence-corrected chi connectivity index (χ2v) is 8.56. The van der Waals surface area contributed by atoms with Gasteiger partial charge in [0.1, 0.15) is 12.4 Å². The van der Waals surface area contributed by atoms with Gasteiger partial charge < -0.3 is 25.4 Å². The number of benzene rings is 1. The van der Waals surface area contributed by atoms with Crippen LogP contribution in [0.1, 0.15) is 26.3 Å². The Morgan fingerprint density at radius 2 is 2.03 bits per heavy atom. The maximum atomic E-state index is 13.8. The van der Waals surface area contributed by atoms with Gasteiger partial charge in [-0.15, -0.1) is 0 Å². The Morgan fingerprint density at radius 1 is 1.29 bits per heavy atom. The number of carbonyl (C=O) groups excluding carboxylic acids is 1. The largest absolute Gasteiger partial charge is 0.447 e. The quantitative estimate of drug-likeness (QED) is 0.562. The van der Waals surface area contributed by atoms with Gasteiger partial charge in [0.15, 0.2) is 0 Å². The van der Waals surface area contributed by atoms with E-state index in [1.807, 2.05) is 25.1 Å². The molecule has 0 saturated carbocycles. The predicted octanol–water partition coefficient (Wildman–Crippen LogP) is 4.03. The van der Waals surface area contributed by atoms with Crippen LogP contribution < -0.4 is 11.1 Å². The molecule has 1 unspecified atom stereocenters. The number of pyridine rings is 1. The van der Waals surface area contributed by atoms with Gasteiger partial charge >= 0.3 is 6.09 Å². The van der Waals surface area contributed by atoms with Crippen LogP contribution in [0.5, 0.6) is 0 Å². The van der Waals surface area contributed by atoms with Crippen LogP contribution in [-0.2, 0) is 16.0 Å². The number of hydrogen-bond donors (Lipinski definition) is 2. The second-order valence-electron chi connectivity index (χ2n) is 7.50. The summed E-state index contributed by atoms with van der Waals surface area (Å²) in [6.45, 7) is 6.82. The highest BCUT2D eigenvalue weighted by atomic mass is 32.2. The van der Waals surface area contributed by atoms with Gasteiger partial charge in [-0.3, -0.25) is 4.98 Å². The third-order valence-corrected chi connectivity index (χ3v) is 5.87. The molecule has 166 valence electrons. The molecule has 0 spiro atoms. The monoisotopic (exact) mass is 446 g/mol. The van der Waals surface area contributed by atoms with E-state index < -0.39 is 11.9 Å². The molecule has 0 saturated heterocycles. The molecule has 1 aromatic heterocycles. The van der Waals surface area contributed by atoms with Crippen LogP contribution in [0.25, 0.3) is 0 Å². The van der Waals surface area contributed by atoms with Gasteiger partial charge in [-0.25, -0.2) is 9.18 Å². The summed E-state index contributed by atoms with van der Waals surface area (Å²) in [5.74, 6) is -1.02. The minimum absolute atomic E-state index is 0.0408. The zero-order valence-electron chi connectivity index (χ0n) is 17.8. The van der Waals surface area contributed by atoms with E-state index in [-0.39, 0.29) is 24.9 Å². The van der Waals surface area contributed by atoms with E-state index in [1.54, 1.807) is 18.5 Å². The lowest BCUT2D eigenvalue weighted by Crippen LogP contribution is -2.52. The Morgan fingerprint density at radius 3 is 2.68 bits per heavy atom. The number of carbonyl (C=O) groups is 1. The van der Waals surface area contributed by atoms with Crippen LogP contribution in [0, 0.1) is 11.7 Å². The number of nitrogens with zero attached hydrogens (tertiary/aromatic N) is 2.